The monoisotopic (exact) mass is 468 g/mol. The molecular weight excluding hydrogens is 446 g/mol. The topological polar surface area (TPSA) is 105 Å². The largest absolute Gasteiger partial charge is 0.487 e. The first-order valence-corrected chi connectivity index (χ1v) is 10.5. The molecule has 11 heteroatoms. The summed E-state index contributed by atoms with van der Waals surface area (Å²) < 4.78 is 39.4. The van der Waals surface area contributed by atoms with Crippen LogP contribution in [0.25, 0.3) is 0 Å². The van der Waals surface area contributed by atoms with Gasteiger partial charge in [0, 0.05) is 51.4 Å². The number of amides is 1. The predicted octanol–water partition coefficient (Wildman–Crippen LogP) is 3.27. The number of piperidine rings is 1. The van der Waals surface area contributed by atoms with E-state index in [1.165, 1.54) is 30.3 Å². The zero-order valence-electron chi connectivity index (χ0n) is 18.6. The van der Waals surface area contributed by atoms with E-state index in [0.29, 0.717) is 43.0 Å². The highest BCUT2D eigenvalue weighted by molar-refractivity contribution is 6.07. The normalized spacial score (nSPS) is 13.9. The lowest BCUT2D eigenvalue weighted by molar-refractivity contribution is 0.102. The van der Waals surface area contributed by atoms with Crippen LogP contribution < -0.4 is 19.7 Å². The van der Waals surface area contributed by atoms with Gasteiger partial charge in [-0.05, 0) is 18.2 Å². The number of carbonyl (C=O) groups excluding carboxylic acids is 1. The number of ether oxygens (including phenoxy) is 2. The second-order valence-corrected chi connectivity index (χ2v) is 7.77. The van der Waals surface area contributed by atoms with Crippen molar-refractivity contribution in [2.75, 3.05) is 30.4 Å². The summed E-state index contributed by atoms with van der Waals surface area (Å²) in [5, 5.41) is 16.2. The van der Waals surface area contributed by atoms with Crippen LogP contribution in [0.1, 0.15) is 28.8 Å². The summed E-state index contributed by atoms with van der Waals surface area (Å²) in [4.78, 5) is 19.2. The van der Waals surface area contributed by atoms with Gasteiger partial charge in [0.2, 0.25) is 5.88 Å². The Labute approximate surface area is 194 Å². The van der Waals surface area contributed by atoms with Crippen LogP contribution in [0.4, 0.5) is 20.3 Å². The molecule has 0 radical (unpaired) electrons. The molecule has 0 atom stereocenters. The highest BCUT2D eigenvalue weighted by Crippen LogP contribution is 2.30. The van der Waals surface area contributed by atoms with Crippen LogP contribution in [-0.4, -0.2) is 47.0 Å². The van der Waals surface area contributed by atoms with Gasteiger partial charge in [0.25, 0.3) is 5.91 Å². The van der Waals surface area contributed by atoms with Crippen molar-refractivity contribution in [3.63, 3.8) is 0 Å². The Hall–Kier alpha value is -4.20. The number of hydrogen-bond donors (Lipinski definition) is 1. The predicted molar refractivity (Wildman–Crippen MR) is 119 cm³/mol. The van der Waals surface area contributed by atoms with Crippen LogP contribution in [0.3, 0.4) is 0 Å². The van der Waals surface area contributed by atoms with Crippen LogP contribution in [-0.2, 0) is 7.05 Å². The molecule has 176 valence electrons. The summed E-state index contributed by atoms with van der Waals surface area (Å²) in [6, 6.07) is 6.80. The average molecular weight is 468 g/mol. The molecule has 0 spiro atoms. The number of hydrogen-bond acceptors (Lipinski definition) is 7. The maximum Gasteiger partial charge on any atom is 0.262 e. The van der Waals surface area contributed by atoms with E-state index in [2.05, 4.69) is 15.4 Å². The number of halogens is 2. The second kappa shape index (κ2) is 9.74. The van der Waals surface area contributed by atoms with Crippen LogP contribution in [0.5, 0.6) is 11.6 Å². The van der Waals surface area contributed by atoms with E-state index in [9.17, 15) is 18.8 Å². The van der Waals surface area contributed by atoms with Crippen molar-refractivity contribution in [3.05, 3.63) is 59.4 Å². The molecule has 4 rings (SSSR count). The van der Waals surface area contributed by atoms with Crippen molar-refractivity contribution in [1.29, 1.82) is 5.26 Å². The Bertz CT molecular complexity index is 1250. The van der Waals surface area contributed by atoms with Gasteiger partial charge in [0.1, 0.15) is 23.6 Å². The van der Waals surface area contributed by atoms with E-state index < -0.39 is 17.5 Å². The van der Waals surface area contributed by atoms with E-state index in [1.807, 2.05) is 11.0 Å². The fourth-order valence-electron chi connectivity index (χ4n) is 3.76. The van der Waals surface area contributed by atoms with Crippen molar-refractivity contribution >= 4 is 17.4 Å². The third-order valence-electron chi connectivity index (χ3n) is 5.41. The maximum absolute atomic E-state index is 13.9. The average Bonchev–Trinajstić information content (AvgIpc) is 3.22. The standard InChI is InChI=1S/C23H22F2N6O3/c1-30-13-17(23(29-30)33-2)22(32)28-19-9-14(11-26)12-27-21(19)31-7-5-16(6-8-31)34-20-4-3-15(24)10-18(20)25/h3-4,9-10,12-13,16H,5-8H2,1-2H3,(H,28,32). The Morgan fingerprint density at radius 3 is 2.71 bits per heavy atom. The van der Waals surface area contributed by atoms with Gasteiger partial charge < -0.3 is 19.7 Å². The first kappa shape index (κ1) is 23.0. The second-order valence-electron chi connectivity index (χ2n) is 7.77. The number of aryl methyl sites for hydroxylation is 1. The number of benzene rings is 1. The van der Waals surface area contributed by atoms with Crippen molar-refractivity contribution in [2.45, 2.75) is 18.9 Å². The van der Waals surface area contributed by atoms with Gasteiger partial charge in [-0.3, -0.25) is 9.48 Å². The molecule has 9 nitrogen and oxygen atoms in total. The summed E-state index contributed by atoms with van der Waals surface area (Å²) in [5.41, 5.74) is 0.910. The van der Waals surface area contributed by atoms with Crippen molar-refractivity contribution < 1.29 is 23.0 Å². The van der Waals surface area contributed by atoms with Crippen molar-refractivity contribution in [2.24, 2.45) is 7.05 Å². The number of anilines is 2. The van der Waals surface area contributed by atoms with Crippen LogP contribution in [0.15, 0.2) is 36.7 Å². The third kappa shape index (κ3) is 4.91. The summed E-state index contributed by atoms with van der Waals surface area (Å²) >= 11 is 0. The number of nitriles is 1. The molecule has 0 aliphatic carbocycles. The van der Waals surface area contributed by atoms with Gasteiger partial charge in [0.05, 0.1) is 18.4 Å². The van der Waals surface area contributed by atoms with E-state index in [4.69, 9.17) is 9.47 Å². The van der Waals surface area contributed by atoms with E-state index in [0.717, 1.165) is 12.1 Å². The number of aromatic nitrogens is 3. The molecule has 34 heavy (non-hydrogen) atoms. The summed E-state index contributed by atoms with van der Waals surface area (Å²) in [7, 11) is 3.10. The Morgan fingerprint density at radius 1 is 1.26 bits per heavy atom. The minimum absolute atomic E-state index is 0.00900. The molecule has 1 aliphatic heterocycles. The molecule has 1 aromatic carbocycles. The molecule has 0 unspecified atom stereocenters. The van der Waals surface area contributed by atoms with Gasteiger partial charge in [-0.1, -0.05) is 0 Å². The smallest absolute Gasteiger partial charge is 0.262 e. The molecule has 1 amide bonds. The molecular formula is C23H22F2N6O3. The van der Waals surface area contributed by atoms with Gasteiger partial charge in [-0.25, -0.2) is 13.8 Å². The first-order chi connectivity index (χ1) is 16.4. The number of methoxy groups -OCH3 is 1. The Morgan fingerprint density at radius 2 is 2.03 bits per heavy atom. The van der Waals surface area contributed by atoms with Crippen molar-refractivity contribution in [3.8, 4) is 17.7 Å². The molecule has 1 N–H and O–H groups in total. The maximum atomic E-state index is 13.9. The molecule has 3 aromatic rings. The number of nitrogens with zero attached hydrogens (tertiary/aromatic N) is 5. The summed E-state index contributed by atoms with van der Waals surface area (Å²) in [5.74, 6) is -1.17. The third-order valence-corrected chi connectivity index (χ3v) is 5.41. The molecule has 1 aliphatic rings. The SMILES string of the molecule is COc1nn(C)cc1C(=O)Nc1cc(C#N)cnc1N1CCC(Oc2ccc(F)cc2F)CC1. The molecule has 3 heterocycles. The van der Waals surface area contributed by atoms with Crippen molar-refractivity contribution in [1.82, 2.24) is 14.8 Å². The number of rotatable bonds is 6. The fraction of sp³-hybridized carbons (Fsp3) is 0.304. The summed E-state index contributed by atoms with van der Waals surface area (Å²) in [6.45, 7) is 1.04. The quantitative estimate of drug-likeness (QED) is 0.592. The van der Waals surface area contributed by atoms with E-state index >= 15 is 0 Å². The zero-order valence-corrected chi connectivity index (χ0v) is 18.6. The summed E-state index contributed by atoms with van der Waals surface area (Å²) in [6.07, 6.45) is 3.83. The highest BCUT2D eigenvalue weighted by atomic mass is 19.1. The molecule has 1 fully saturated rings. The molecule has 2 aromatic heterocycles. The van der Waals surface area contributed by atoms with Crippen LogP contribution in [0, 0.1) is 23.0 Å². The van der Waals surface area contributed by atoms with Gasteiger partial charge in [0.15, 0.2) is 17.4 Å². The Kier molecular flexibility index (Phi) is 6.58. The van der Waals surface area contributed by atoms with Gasteiger partial charge >= 0.3 is 0 Å². The fourth-order valence-corrected chi connectivity index (χ4v) is 3.76. The highest BCUT2D eigenvalue weighted by Gasteiger charge is 2.26. The van der Waals surface area contributed by atoms with E-state index in [-0.39, 0.29) is 23.3 Å². The lowest BCUT2D eigenvalue weighted by atomic mass is 10.1. The minimum atomic E-state index is -0.744. The van der Waals surface area contributed by atoms with Crippen LogP contribution in [0.2, 0.25) is 0 Å². The lowest BCUT2D eigenvalue weighted by Crippen LogP contribution is -2.39. The van der Waals surface area contributed by atoms with Gasteiger partial charge in [-0.2, -0.15) is 5.26 Å². The Balaban J connectivity index is 1.49. The first-order valence-electron chi connectivity index (χ1n) is 10.5. The van der Waals surface area contributed by atoms with E-state index in [1.54, 1.807) is 13.1 Å². The minimum Gasteiger partial charge on any atom is -0.487 e. The molecule has 1 saturated heterocycles. The number of nitrogens with one attached hydrogen (secondary N) is 1. The number of carbonyl (C=O) groups is 1. The number of pyridine rings is 1. The van der Waals surface area contributed by atoms with Gasteiger partial charge in [-0.15, -0.1) is 5.10 Å². The zero-order chi connectivity index (χ0) is 24.2. The lowest BCUT2D eigenvalue weighted by Gasteiger charge is -2.34. The van der Waals surface area contributed by atoms with Crippen LogP contribution >= 0.6 is 0 Å². The molecule has 0 bridgehead atoms. The molecule has 0 saturated carbocycles.